The highest BCUT2D eigenvalue weighted by Crippen LogP contribution is 2.23. The van der Waals surface area contributed by atoms with Crippen LogP contribution in [0.3, 0.4) is 0 Å². The number of rotatable bonds is 6. The molecule has 1 saturated carbocycles. The molecule has 0 spiro atoms. The van der Waals surface area contributed by atoms with E-state index >= 15 is 0 Å². The van der Waals surface area contributed by atoms with Crippen LogP contribution in [0.15, 0.2) is 58.3 Å². The summed E-state index contributed by atoms with van der Waals surface area (Å²) in [5.41, 5.74) is 0.453. The van der Waals surface area contributed by atoms with Gasteiger partial charge in [-0.25, -0.2) is 21.6 Å². The van der Waals surface area contributed by atoms with Crippen LogP contribution in [0.4, 0.5) is 5.69 Å². The lowest BCUT2D eigenvalue weighted by molar-refractivity contribution is 0.580. The quantitative estimate of drug-likeness (QED) is 0.625. The van der Waals surface area contributed by atoms with Gasteiger partial charge in [0.1, 0.15) is 0 Å². The summed E-state index contributed by atoms with van der Waals surface area (Å²) in [6.07, 6.45) is 1.68. The molecule has 0 amide bonds. The van der Waals surface area contributed by atoms with Gasteiger partial charge in [-0.1, -0.05) is 6.07 Å². The maximum Gasteiger partial charge on any atom is 0.261 e. The molecule has 0 radical (unpaired) electrons. The third-order valence-electron chi connectivity index (χ3n) is 3.42. The van der Waals surface area contributed by atoms with Crippen molar-refractivity contribution in [3.63, 3.8) is 0 Å². The second-order valence-corrected chi connectivity index (χ2v) is 10.1. The van der Waals surface area contributed by atoms with Crippen molar-refractivity contribution in [1.29, 1.82) is 0 Å². The molecule has 0 aromatic heterocycles. The zero-order valence-electron chi connectivity index (χ0n) is 12.4. The number of anilines is 1. The molecule has 6 nitrogen and oxygen atoms in total. The van der Waals surface area contributed by atoms with Gasteiger partial charge < -0.3 is 0 Å². The zero-order valence-corrected chi connectivity index (χ0v) is 16.2. The van der Waals surface area contributed by atoms with Gasteiger partial charge >= 0.3 is 0 Å². The third kappa shape index (κ3) is 4.26. The fraction of sp³-hybridized carbons (Fsp3) is 0.200. The van der Waals surface area contributed by atoms with Gasteiger partial charge in [-0.15, -0.1) is 0 Å². The Morgan fingerprint density at radius 2 is 1.46 bits per heavy atom. The van der Waals surface area contributed by atoms with Gasteiger partial charge in [0.05, 0.1) is 9.79 Å². The summed E-state index contributed by atoms with van der Waals surface area (Å²) in [5.74, 6) is 0. The highest BCUT2D eigenvalue weighted by Gasteiger charge is 2.28. The molecule has 0 atom stereocenters. The van der Waals surface area contributed by atoms with Crippen molar-refractivity contribution in [2.45, 2.75) is 28.7 Å². The number of nitrogens with one attached hydrogen (secondary N) is 2. The Bertz CT molecular complexity index is 953. The normalized spacial score (nSPS) is 15.2. The van der Waals surface area contributed by atoms with Gasteiger partial charge in [0.25, 0.3) is 10.0 Å². The summed E-state index contributed by atoms with van der Waals surface area (Å²) in [4.78, 5) is 0.0642. The molecule has 0 saturated heterocycles. The summed E-state index contributed by atoms with van der Waals surface area (Å²) in [6.45, 7) is 0. The van der Waals surface area contributed by atoms with Gasteiger partial charge in [-0.2, -0.15) is 0 Å². The summed E-state index contributed by atoms with van der Waals surface area (Å²) in [7, 11) is -7.36. The standard InChI is InChI=1S/C15H15IN2O4S2/c16-11-2-1-3-13(10-11)18-24(21,22)15-8-6-14(7-9-15)23(19,20)17-12-4-5-12/h1-3,6-10,12,17-18H,4-5H2. The zero-order chi connectivity index (χ0) is 17.4. The van der Waals surface area contributed by atoms with Crippen LogP contribution in [-0.2, 0) is 20.0 Å². The topological polar surface area (TPSA) is 92.3 Å². The molecule has 2 aromatic rings. The van der Waals surface area contributed by atoms with E-state index in [9.17, 15) is 16.8 Å². The number of sulfonamides is 2. The molecule has 128 valence electrons. The van der Waals surface area contributed by atoms with E-state index in [1.165, 1.54) is 24.3 Å². The van der Waals surface area contributed by atoms with E-state index in [-0.39, 0.29) is 15.8 Å². The van der Waals surface area contributed by atoms with Crippen LogP contribution >= 0.6 is 22.6 Å². The molecular formula is C15H15IN2O4S2. The van der Waals surface area contributed by atoms with Crippen LogP contribution in [0.5, 0.6) is 0 Å². The molecule has 0 bridgehead atoms. The highest BCUT2D eigenvalue weighted by atomic mass is 127. The van der Waals surface area contributed by atoms with Crippen LogP contribution in [0.2, 0.25) is 0 Å². The summed E-state index contributed by atoms with van der Waals surface area (Å²) in [6, 6.07) is 12.1. The number of hydrogen-bond donors (Lipinski definition) is 2. The monoisotopic (exact) mass is 478 g/mol. The predicted molar refractivity (Wildman–Crippen MR) is 99.8 cm³/mol. The van der Waals surface area contributed by atoms with Crippen molar-refractivity contribution in [3.05, 3.63) is 52.1 Å². The van der Waals surface area contributed by atoms with Crippen LogP contribution in [0.1, 0.15) is 12.8 Å². The maximum atomic E-state index is 12.4. The highest BCUT2D eigenvalue weighted by molar-refractivity contribution is 14.1. The summed E-state index contributed by atoms with van der Waals surface area (Å²) >= 11 is 2.09. The van der Waals surface area contributed by atoms with Gasteiger partial charge in [-0.05, 0) is 77.9 Å². The second-order valence-electron chi connectivity index (χ2n) is 5.48. The molecule has 1 aliphatic carbocycles. The maximum absolute atomic E-state index is 12.4. The molecule has 24 heavy (non-hydrogen) atoms. The van der Waals surface area contributed by atoms with Crippen molar-refractivity contribution >= 4 is 48.3 Å². The minimum atomic E-state index is -3.77. The third-order valence-corrected chi connectivity index (χ3v) is 7.02. The average Bonchev–Trinajstić information content (AvgIpc) is 3.30. The Balaban J connectivity index is 1.81. The lowest BCUT2D eigenvalue weighted by Crippen LogP contribution is -2.25. The minimum Gasteiger partial charge on any atom is -0.280 e. The predicted octanol–water partition coefficient (Wildman–Crippen LogP) is 2.53. The average molecular weight is 478 g/mol. The summed E-state index contributed by atoms with van der Waals surface area (Å²) < 4.78 is 54.9. The first-order valence-electron chi connectivity index (χ1n) is 7.17. The van der Waals surface area contributed by atoms with Crippen molar-refractivity contribution < 1.29 is 16.8 Å². The number of hydrogen-bond acceptors (Lipinski definition) is 4. The molecular weight excluding hydrogens is 463 g/mol. The molecule has 0 heterocycles. The SMILES string of the molecule is O=S(=O)(Nc1cccc(I)c1)c1ccc(S(=O)(=O)NC2CC2)cc1. The summed E-state index contributed by atoms with van der Waals surface area (Å²) in [5, 5.41) is 0. The van der Waals surface area contributed by atoms with E-state index in [4.69, 9.17) is 0 Å². The first-order chi connectivity index (χ1) is 11.3. The van der Waals surface area contributed by atoms with E-state index < -0.39 is 20.0 Å². The largest absolute Gasteiger partial charge is 0.280 e. The Kier molecular flexibility index (Phi) is 4.87. The fourth-order valence-electron chi connectivity index (χ4n) is 2.05. The molecule has 2 N–H and O–H groups in total. The van der Waals surface area contributed by atoms with Crippen LogP contribution in [0.25, 0.3) is 0 Å². The van der Waals surface area contributed by atoms with E-state index in [0.717, 1.165) is 16.4 Å². The van der Waals surface area contributed by atoms with E-state index in [2.05, 4.69) is 32.0 Å². The lowest BCUT2D eigenvalue weighted by Gasteiger charge is -2.10. The van der Waals surface area contributed by atoms with E-state index in [0.29, 0.717) is 5.69 Å². The Hall–Kier alpha value is -1.17. The van der Waals surface area contributed by atoms with E-state index in [1.807, 2.05) is 6.07 Å². The smallest absolute Gasteiger partial charge is 0.261 e. The van der Waals surface area contributed by atoms with Gasteiger partial charge in [0.2, 0.25) is 10.0 Å². The van der Waals surface area contributed by atoms with Crippen LogP contribution in [-0.4, -0.2) is 22.9 Å². The molecule has 1 aliphatic rings. The molecule has 9 heteroatoms. The first-order valence-corrected chi connectivity index (χ1v) is 11.2. The molecule has 3 rings (SSSR count). The molecule has 2 aromatic carbocycles. The van der Waals surface area contributed by atoms with Crippen molar-refractivity contribution in [2.75, 3.05) is 4.72 Å². The van der Waals surface area contributed by atoms with Gasteiger partial charge in [0, 0.05) is 15.3 Å². The minimum absolute atomic E-state index is 0.000583. The van der Waals surface area contributed by atoms with Crippen molar-refractivity contribution in [2.24, 2.45) is 0 Å². The fourth-order valence-corrected chi connectivity index (χ4v) is 4.95. The Morgan fingerprint density at radius 3 is 2.00 bits per heavy atom. The van der Waals surface area contributed by atoms with Gasteiger partial charge in [0.15, 0.2) is 0 Å². The van der Waals surface area contributed by atoms with Gasteiger partial charge in [-0.3, -0.25) is 4.72 Å². The van der Waals surface area contributed by atoms with Crippen LogP contribution in [0, 0.1) is 3.57 Å². The number of halogens is 1. The second kappa shape index (κ2) is 6.62. The van der Waals surface area contributed by atoms with Crippen molar-refractivity contribution in [3.8, 4) is 0 Å². The molecule has 0 unspecified atom stereocenters. The molecule has 0 aliphatic heterocycles. The Morgan fingerprint density at radius 1 is 0.875 bits per heavy atom. The van der Waals surface area contributed by atoms with E-state index in [1.54, 1.807) is 18.2 Å². The Labute approximate surface area is 154 Å². The lowest BCUT2D eigenvalue weighted by atomic mass is 10.3. The first kappa shape index (κ1) is 17.6. The number of benzene rings is 2. The van der Waals surface area contributed by atoms with Crippen LogP contribution < -0.4 is 9.44 Å². The van der Waals surface area contributed by atoms with Crippen molar-refractivity contribution in [1.82, 2.24) is 4.72 Å². The molecule has 1 fully saturated rings.